The number of amides is 1. The van der Waals surface area contributed by atoms with Gasteiger partial charge in [0.1, 0.15) is 11.6 Å². The van der Waals surface area contributed by atoms with Gasteiger partial charge < -0.3 is 15.2 Å². The van der Waals surface area contributed by atoms with Crippen LogP contribution >= 0.6 is 0 Å². The number of fused-ring (bicyclic) bond motifs is 2. The quantitative estimate of drug-likeness (QED) is 0.848. The molecule has 110 valence electrons. The van der Waals surface area contributed by atoms with Gasteiger partial charge in [0, 0.05) is 18.0 Å². The Hall–Kier alpha value is -2.24. The van der Waals surface area contributed by atoms with Crippen molar-refractivity contribution >= 4 is 17.6 Å². The van der Waals surface area contributed by atoms with Crippen molar-refractivity contribution < 1.29 is 23.5 Å². The van der Waals surface area contributed by atoms with Crippen molar-refractivity contribution in [1.82, 2.24) is 0 Å². The Bertz CT molecular complexity index is 644. The highest BCUT2D eigenvalue weighted by Gasteiger charge is 2.48. The van der Waals surface area contributed by atoms with Crippen LogP contribution < -0.4 is 10.4 Å². The molecular weight excluding hydrogens is 280 g/mol. The van der Waals surface area contributed by atoms with Gasteiger partial charge in [0.05, 0.1) is 11.6 Å². The Kier molecular flexibility index (Phi) is 3.23. The number of anilines is 1. The maximum absolute atomic E-state index is 13.5. The van der Waals surface area contributed by atoms with Crippen molar-refractivity contribution in [1.29, 1.82) is 0 Å². The Morgan fingerprint density at radius 1 is 1.14 bits per heavy atom. The van der Waals surface area contributed by atoms with E-state index in [2.05, 4.69) is 5.32 Å². The minimum atomic E-state index is -1.29. The zero-order valence-corrected chi connectivity index (χ0v) is 10.9. The maximum atomic E-state index is 13.5. The van der Waals surface area contributed by atoms with Crippen molar-refractivity contribution in [2.75, 3.05) is 5.32 Å². The first-order chi connectivity index (χ1) is 9.97. The van der Waals surface area contributed by atoms with E-state index in [9.17, 15) is 23.5 Å². The number of carboxylic acid groups (broad SMARTS) is 1. The topological polar surface area (TPSA) is 69.2 Å². The van der Waals surface area contributed by atoms with Crippen LogP contribution in [0.15, 0.2) is 30.4 Å². The van der Waals surface area contributed by atoms with Crippen molar-refractivity contribution in [3.63, 3.8) is 0 Å². The van der Waals surface area contributed by atoms with Crippen LogP contribution in [-0.2, 0) is 9.59 Å². The third kappa shape index (κ3) is 2.30. The molecular formula is C15H12F2NO3-. The number of carboxylic acids is 1. The molecule has 1 amide bonds. The van der Waals surface area contributed by atoms with E-state index < -0.39 is 35.3 Å². The van der Waals surface area contributed by atoms with Gasteiger partial charge in [0.15, 0.2) is 0 Å². The lowest BCUT2D eigenvalue weighted by Crippen LogP contribution is -2.43. The van der Waals surface area contributed by atoms with Gasteiger partial charge in [-0.15, -0.1) is 0 Å². The Labute approximate surface area is 119 Å². The highest BCUT2D eigenvalue weighted by Crippen LogP contribution is 2.48. The number of carbonyl (C=O) groups excluding carboxylic acids is 2. The van der Waals surface area contributed by atoms with Crippen LogP contribution in [0.5, 0.6) is 0 Å². The number of rotatable bonds is 3. The van der Waals surface area contributed by atoms with E-state index in [1.54, 1.807) is 12.2 Å². The molecule has 0 aromatic heterocycles. The van der Waals surface area contributed by atoms with Gasteiger partial charge in [-0.25, -0.2) is 8.78 Å². The monoisotopic (exact) mass is 292 g/mol. The molecule has 21 heavy (non-hydrogen) atoms. The van der Waals surface area contributed by atoms with Gasteiger partial charge in [-0.2, -0.15) is 0 Å². The zero-order valence-electron chi connectivity index (χ0n) is 10.9. The van der Waals surface area contributed by atoms with Crippen LogP contribution in [0, 0.1) is 35.3 Å². The van der Waals surface area contributed by atoms with Gasteiger partial charge in [-0.05, 0) is 30.4 Å². The average molecular weight is 292 g/mol. The molecule has 1 aromatic carbocycles. The lowest BCUT2D eigenvalue weighted by molar-refractivity contribution is -0.313. The van der Waals surface area contributed by atoms with Gasteiger partial charge in [0.25, 0.3) is 0 Å². The lowest BCUT2D eigenvalue weighted by atomic mass is 9.82. The first-order valence-corrected chi connectivity index (χ1v) is 6.62. The number of hydrogen-bond donors (Lipinski definition) is 1. The van der Waals surface area contributed by atoms with Crippen molar-refractivity contribution in [3.8, 4) is 0 Å². The predicted molar refractivity (Wildman–Crippen MR) is 67.7 cm³/mol. The molecule has 1 saturated carbocycles. The van der Waals surface area contributed by atoms with Gasteiger partial charge in [-0.1, -0.05) is 12.2 Å². The summed E-state index contributed by atoms with van der Waals surface area (Å²) in [6.07, 6.45) is 4.15. The van der Waals surface area contributed by atoms with Crippen LogP contribution in [0.3, 0.4) is 0 Å². The largest absolute Gasteiger partial charge is 0.550 e. The van der Waals surface area contributed by atoms with E-state index in [4.69, 9.17) is 0 Å². The van der Waals surface area contributed by atoms with Crippen molar-refractivity contribution in [2.45, 2.75) is 6.42 Å². The molecule has 4 atom stereocenters. The van der Waals surface area contributed by atoms with Crippen LogP contribution in [0.1, 0.15) is 6.42 Å². The molecule has 1 N–H and O–H groups in total. The van der Waals surface area contributed by atoms with E-state index in [0.717, 1.165) is 18.2 Å². The predicted octanol–water partition coefficient (Wildman–Crippen LogP) is 1.09. The summed E-state index contributed by atoms with van der Waals surface area (Å²) in [5.41, 5.74) is -0.288. The highest BCUT2D eigenvalue weighted by molar-refractivity contribution is 5.96. The summed E-state index contributed by atoms with van der Waals surface area (Å²) in [7, 11) is 0. The molecule has 0 heterocycles. The number of halogens is 2. The molecule has 0 spiro atoms. The minimum absolute atomic E-state index is 0.200. The SMILES string of the molecule is O=C([O-])[C@@H]1[C@@H](C(=O)Nc2cc(F)ccc2F)[C@H]2C=C[C@H]1C2. The summed E-state index contributed by atoms with van der Waals surface area (Å²) in [5, 5.41) is 13.5. The molecule has 0 aliphatic heterocycles. The Morgan fingerprint density at radius 2 is 1.81 bits per heavy atom. The smallest absolute Gasteiger partial charge is 0.228 e. The fraction of sp³-hybridized carbons (Fsp3) is 0.333. The highest BCUT2D eigenvalue weighted by atomic mass is 19.1. The third-order valence-corrected chi connectivity index (χ3v) is 4.22. The second-order valence-corrected chi connectivity index (χ2v) is 5.43. The van der Waals surface area contributed by atoms with E-state index in [1.165, 1.54) is 0 Å². The molecule has 0 radical (unpaired) electrons. The van der Waals surface area contributed by atoms with E-state index in [-0.39, 0.29) is 17.5 Å². The first-order valence-electron chi connectivity index (χ1n) is 6.62. The number of allylic oxidation sites excluding steroid dienone is 2. The summed E-state index contributed by atoms with van der Waals surface area (Å²) < 4.78 is 26.6. The second kappa shape index (κ2) is 4.95. The minimum Gasteiger partial charge on any atom is -0.550 e. The van der Waals surface area contributed by atoms with Gasteiger partial charge >= 0.3 is 0 Å². The summed E-state index contributed by atoms with van der Waals surface area (Å²) in [6, 6.07) is 2.71. The molecule has 1 aromatic rings. The fourth-order valence-electron chi connectivity index (χ4n) is 3.31. The number of benzene rings is 1. The fourth-order valence-corrected chi connectivity index (χ4v) is 3.31. The van der Waals surface area contributed by atoms with Crippen LogP contribution in [0.25, 0.3) is 0 Å². The normalized spacial score (nSPS) is 29.6. The molecule has 2 aliphatic rings. The van der Waals surface area contributed by atoms with Crippen LogP contribution in [0.2, 0.25) is 0 Å². The first kappa shape index (κ1) is 13.7. The molecule has 0 saturated heterocycles. The molecule has 3 rings (SSSR count). The molecule has 2 aliphatic carbocycles. The van der Waals surface area contributed by atoms with Gasteiger partial charge in [-0.3, -0.25) is 4.79 Å². The molecule has 4 nitrogen and oxygen atoms in total. The van der Waals surface area contributed by atoms with Crippen molar-refractivity contribution in [3.05, 3.63) is 42.0 Å². The second-order valence-electron chi connectivity index (χ2n) is 5.43. The van der Waals surface area contributed by atoms with Crippen LogP contribution in [0.4, 0.5) is 14.5 Å². The molecule has 6 heteroatoms. The third-order valence-electron chi connectivity index (χ3n) is 4.22. The maximum Gasteiger partial charge on any atom is 0.228 e. The number of aliphatic carboxylic acids is 1. The van der Waals surface area contributed by atoms with E-state index in [1.807, 2.05) is 0 Å². The number of nitrogens with one attached hydrogen (secondary N) is 1. The molecule has 2 bridgehead atoms. The number of carbonyl (C=O) groups is 2. The Morgan fingerprint density at radius 3 is 2.48 bits per heavy atom. The zero-order chi connectivity index (χ0) is 15.1. The summed E-state index contributed by atoms with van der Waals surface area (Å²) in [4.78, 5) is 23.5. The van der Waals surface area contributed by atoms with Gasteiger partial charge in [0.2, 0.25) is 5.91 Å². The Balaban J connectivity index is 1.83. The lowest BCUT2D eigenvalue weighted by Gasteiger charge is -2.27. The summed E-state index contributed by atoms with van der Waals surface area (Å²) in [5.74, 6) is -5.52. The summed E-state index contributed by atoms with van der Waals surface area (Å²) >= 11 is 0. The van der Waals surface area contributed by atoms with E-state index >= 15 is 0 Å². The molecule has 1 fully saturated rings. The van der Waals surface area contributed by atoms with E-state index in [0.29, 0.717) is 6.42 Å². The summed E-state index contributed by atoms with van der Waals surface area (Å²) in [6.45, 7) is 0. The average Bonchev–Trinajstić information content (AvgIpc) is 3.03. The van der Waals surface area contributed by atoms with Crippen LogP contribution in [-0.4, -0.2) is 11.9 Å². The molecule has 0 unspecified atom stereocenters. The number of hydrogen-bond acceptors (Lipinski definition) is 3. The van der Waals surface area contributed by atoms with Crippen molar-refractivity contribution in [2.24, 2.45) is 23.7 Å². The standard InChI is InChI=1S/C15H13F2NO3/c16-9-3-4-10(17)11(6-9)18-14(19)12-7-1-2-8(5-7)13(12)15(20)21/h1-4,6-8,12-13H,5H2,(H,18,19)(H,20,21)/p-1/t7-,8-,12-,13-/m0/s1.